The van der Waals surface area contributed by atoms with Gasteiger partial charge in [0.25, 0.3) is 0 Å². The lowest BCUT2D eigenvalue weighted by Gasteiger charge is -2.14. The maximum absolute atomic E-state index is 5.36. The molecule has 0 aliphatic rings. The molecule has 4 nitrogen and oxygen atoms in total. The van der Waals surface area contributed by atoms with Gasteiger partial charge < -0.3 is 0 Å². The van der Waals surface area contributed by atoms with E-state index in [2.05, 4.69) is 168 Å². The summed E-state index contributed by atoms with van der Waals surface area (Å²) in [5, 5.41) is 8.37. The summed E-state index contributed by atoms with van der Waals surface area (Å²) in [6, 6.07) is 59.9. The van der Waals surface area contributed by atoms with Crippen LogP contribution in [0.1, 0.15) is 0 Å². The zero-order valence-electron chi connectivity index (χ0n) is 27.9. The van der Waals surface area contributed by atoms with Gasteiger partial charge in [-0.2, -0.15) is 0 Å². The molecule has 11 aromatic rings. The minimum atomic E-state index is 0.669. The summed E-state index contributed by atoms with van der Waals surface area (Å²) in [5.41, 5.74) is 8.12. The van der Waals surface area contributed by atoms with E-state index in [9.17, 15) is 0 Å². The Bertz CT molecular complexity index is 3130. The van der Waals surface area contributed by atoms with E-state index in [-0.39, 0.29) is 0 Å². The molecular weight excluding hydrogens is 653 g/mol. The molecule has 0 saturated carbocycles. The van der Waals surface area contributed by atoms with Crippen LogP contribution in [0.15, 0.2) is 170 Å². The molecule has 11 rings (SSSR count). The lowest BCUT2D eigenvalue weighted by molar-refractivity contribution is 1.05. The number of nitrogens with zero attached hydrogens (tertiary/aromatic N) is 4. The van der Waals surface area contributed by atoms with Crippen molar-refractivity contribution in [3.8, 4) is 39.7 Å². The van der Waals surface area contributed by atoms with E-state index in [0.717, 1.165) is 61.2 Å². The minimum Gasteiger partial charge on any atom is -0.294 e. The molecule has 0 aliphatic carbocycles. The van der Waals surface area contributed by atoms with Crippen LogP contribution in [-0.4, -0.2) is 19.5 Å². The van der Waals surface area contributed by atoms with Gasteiger partial charge in [-0.1, -0.05) is 121 Å². The predicted molar refractivity (Wildman–Crippen MR) is 218 cm³/mol. The molecule has 0 unspecified atom stereocenters. The normalized spacial score (nSPS) is 11.8. The maximum Gasteiger partial charge on any atom is 0.162 e. The van der Waals surface area contributed by atoms with Gasteiger partial charge in [-0.15, -0.1) is 11.3 Å². The Labute approximate surface area is 302 Å². The van der Waals surface area contributed by atoms with Crippen molar-refractivity contribution in [3.05, 3.63) is 170 Å². The number of fused-ring (bicyclic) bond motifs is 10. The topological polar surface area (TPSA) is 43.6 Å². The first-order valence-electron chi connectivity index (χ1n) is 17.5. The predicted octanol–water partition coefficient (Wildman–Crippen LogP) is 12.6. The number of hydrogen-bond acceptors (Lipinski definition) is 4. The Morgan fingerprint density at radius 3 is 1.81 bits per heavy atom. The van der Waals surface area contributed by atoms with E-state index in [1.165, 1.54) is 36.3 Å². The van der Waals surface area contributed by atoms with Crippen molar-refractivity contribution in [2.45, 2.75) is 0 Å². The molecule has 0 fully saturated rings. The fourth-order valence-electron chi connectivity index (χ4n) is 7.87. The summed E-state index contributed by atoms with van der Waals surface area (Å²) in [6.07, 6.45) is 0. The molecule has 0 radical (unpaired) electrons. The first-order chi connectivity index (χ1) is 25.8. The smallest absolute Gasteiger partial charge is 0.162 e. The Morgan fingerprint density at radius 2 is 1.06 bits per heavy atom. The molecule has 0 bridgehead atoms. The van der Waals surface area contributed by atoms with E-state index >= 15 is 0 Å². The first-order valence-corrected chi connectivity index (χ1v) is 18.3. The van der Waals surface area contributed by atoms with Crippen LogP contribution in [0.4, 0.5) is 0 Å². The van der Waals surface area contributed by atoms with Crippen LogP contribution in [-0.2, 0) is 0 Å². The van der Waals surface area contributed by atoms with Crippen molar-refractivity contribution >= 4 is 75.0 Å². The van der Waals surface area contributed by atoms with Crippen molar-refractivity contribution in [3.63, 3.8) is 0 Å². The number of pyridine rings is 1. The highest BCUT2D eigenvalue weighted by molar-refractivity contribution is 7.26. The first kappa shape index (κ1) is 29.1. The summed E-state index contributed by atoms with van der Waals surface area (Å²) < 4.78 is 4.82. The SMILES string of the molecule is c1ccc(-c2cc(-n3c4ccccc4c4ccccc43)nc(-c3ccc4nc(-c5ccccc5)c5ccc6sc7ccccc7c6c5c4c3)n2)cc1. The lowest BCUT2D eigenvalue weighted by atomic mass is 9.95. The van der Waals surface area contributed by atoms with E-state index in [1.54, 1.807) is 0 Å². The number of para-hydroxylation sites is 2. The molecule has 0 amide bonds. The monoisotopic (exact) mass is 680 g/mol. The average Bonchev–Trinajstić information content (AvgIpc) is 3.77. The molecule has 0 aliphatic heterocycles. The molecule has 4 heterocycles. The van der Waals surface area contributed by atoms with Crippen LogP contribution in [0.3, 0.4) is 0 Å². The van der Waals surface area contributed by atoms with Gasteiger partial charge in [0.15, 0.2) is 5.82 Å². The third-order valence-corrected chi connectivity index (χ3v) is 11.3. The summed E-state index contributed by atoms with van der Waals surface area (Å²) in [5.74, 6) is 1.50. The summed E-state index contributed by atoms with van der Waals surface area (Å²) in [4.78, 5) is 15.9. The molecule has 242 valence electrons. The number of hydrogen-bond donors (Lipinski definition) is 0. The molecule has 0 N–H and O–H groups in total. The Morgan fingerprint density at radius 1 is 0.404 bits per heavy atom. The van der Waals surface area contributed by atoms with Crippen molar-refractivity contribution in [1.82, 2.24) is 19.5 Å². The Balaban J connectivity index is 1.23. The summed E-state index contributed by atoms with van der Waals surface area (Å²) in [7, 11) is 0. The van der Waals surface area contributed by atoms with Gasteiger partial charge in [0, 0.05) is 69.9 Å². The van der Waals surface area contributed by atoms with Crippen molar-refractivity contribution < 1.29 is 0 Å². The molecule has 5 heteroatoms. The largest absolute Gasteiger partial charge is 0.294 e. The van der Waals surface area contributed by atoms with Crippen LogP contribution in [0.2, 0.25) is 0 Å². The van der Waals surface area contributed by atoms with Gasteiger partial charge in [0.1, 0.15) is 5.82 Å². The number of benzene rings is 7. The highest BCUT2D eigenvalue weighted by Gasteiger charge is 2.19. The third-order valence-electron chi connectivity index (χ3n) is 10.2. The molecule has 0 saturated heterocycles. The molecule has 4 aromatic heterocycles. The van der Waals surface area contributed by atoms with Gasteiger partial charge in [0.2, 0.25) is 0 Å². The van der Waals surface area contributed by atoms with E-state index in [4.69, 9.17) is 15.0 Å². The lowest BCUT2D eigenvalue weighted by Crippen LogP contribution is -2.02. The third kappa shape index (κ3) is 4.43. The van der Waals surface area contributed by atoms with Gasteiger partial charge in [0.05, 0.1) is 27.9 Å². The number of thiophene rings is 1. The fraction of sp³-hybridized carbons (Fsp3) is 0. The van der Waals surface area contributed by atoms with Crippen molar-refractivity contribution in [2.75, 3.05) is 0 Å². The molecule has 7 aromatic carbocycles. The van der Waals surface area contributed by atoms with Crippen LogP contribution in [0.5, 0.6) is 0 Å². The Kier molecular flexibility index (Phi) is 6.39. The standard InChI is InChI=1S/C47H28N4S/c1-3-13-29(14-4-1)38-28-43(51-39-20-10-7-17-32(39)33-18-8-11-21-40(33)51)50-47(49-38)31-23-25-37-36(27-31)44-35(46(48-37)30-15-5-2-6-16-30)24-26-42-45(44)34-19-9-12-22-41(34)52-42/h1-28H. The average molecular weight is 681 g/mol. The maximum atomic E-state index is 5.36. The second kappa shape index (κ2) is 11.4. The molecule has 0 spiro atoms. The van der Waals surface area contributed by atoms with Crippen molar-refractivity contribution in [2.24, 2.45) is 0 Å². The Hall–Kier alpha value is -6.69. The van der Waals surface area contributed by atoms with Gasteiger partial charge in [-0.3, -0.25) is 4.57 Å². The highest BCUT2D eigenvalue weighted by Crippen LogP contribution is 2.44. The minimum absolute atomic E-state index is 0.669. The molecular formula is C47H28N4S. The quantitative estimate of drug-likeness (QED) is 0.174. The van der Waals surface area contributed by atoms with Gasteiger partial charge in [-0.25, -0.2) is 15.0 Å². The molecule has 0 atom stereocenters. The zero-order valence-corrected chi connectivity index (χ0v) is 28.7. The van der Waals surface area contributed by atoms with Crippen LogP contribution >= 0.6 is 11.3 Å². The van der Waals surface area contributed by atoms with Crippen LogP contribution < -0.4 is 0 Å². The number of aromatic nitrogens is 4. The van der Waals surface area contributed by atoms with E-state index < -0.39 is 0 Å². The van der Waals surface area contributed by atoms with Crippen LogP contribution in [0.25, 0.3) is 103 Å². The van der Waals surface area contributed by atoms with Crippen molar-refractivity contribution in [1.29, 1.82) is 0 Å². The second-order valence-corrected chi connectivity index (χ2v) is 14.3. The van der Waals surface area contributed by atoms with Gasteiger partial charge in [-0.05, 0) is 42.5 Å². The number of rotatable bonds is 4. The van der Waals surface area contributed by atoms with E-state index in [1.807, 2.05) is 17.4 Å². The molecule has 52 heavy (non-hydrogen) atoms. The van der Waals surface area contributed by atoms with E-state index in [0.29, 0.717) is 5.82 Å². The van der Waals surface area contributed by atoms with Gasteiger partial charge >= 0.3 is 0 Å². The summed E-state index contributed by atoms with van der Waals surface area (Å²) >= 11 is 1.84. The summed E-state index contributed by atoms with van der Waals surface area (Å²) in [6.45, 7) is 0. The van der Waals surface area contributed by atoms with Crippen LogP contribution in [0, 0.1) is 0 Å². The second-order valence-electron chi connectivity index (χ2n) is 13.2. The fourth-order valence-corrected chi connectivity index (χ4v) is 8.98. The highest BCUT2D eigenvalue weighted by atomic mass is 32.1. The zero-order chi connectivity index (χ0) is 34.2.